The Balaban J connectivity index is 1.92. The highest BCUT2D eigenvalue weighted by Gasteiger charge is 2.23. The quantitative estimate of drug-likeness (QED) is 0.855. The molecule has 2 atom stereocenters. The normalized spacial score (nSPS) is 28.3. The van der Waals surface area contributed by atoms with Crippen LogP contribution in [0.1, 0.15) is 44.2 Å². The zero-order chi connectivity index (χ0) is 13.1. The van der Waals surface area contributed by atoms with Gasteiger partial charge in [-0.2, -0.15) is 0 Å². The summed E-state index contributed by atoms with van der Waals surface area (Å²) < 4.78 is 0. The van der Waals surface area contributed by atoms with Crippen LogP contribution < -0.4 is 5.32 Å². The molecule has 0 spiro atoms. The molecule has 2 N–H and O–H groups in total. The Morgan fingerprint density at radius 2 is 1.83 bits per heavy atom. The first-order valence-electron chi connectivity index (χ1n) is 7.06. The smallest absolute Gasteiger partial charge is 0.120 e. The van der Waals surface area contributed by atoms with E-state index in [9.17, 15) is 5.11 Å². The Bertz CT molecular complexity index is 392. The molecular formula is C16H25NO. The zero-order valence-corrected chi connectivity index (χ0v) is 11.7. The Labute approximate surface area is 110 Å². The van der Waals surface area contributed by atoms with E-state index in [1.807, 2.05) is 6.07 Å². The van der Waals surface area contributed by atoms with E-state index >= 15 is 0 Å². The SMILES string of the molecule is Cc1ccc(O)c(CNC2CC(C)CC(C)C2)c1. The second-order valence-corrected chi connectivity index (χ2v) is 6.13. The van der Waals surface area contributed by atoms with Crippen molar-refractivity contribution >= 4 is 0 Å². The van der Waals surface area contributed by atoms with Gasteiger partial charge in [0.25, 0.3) is 0 Å². The lowest BCUT2D eigenvalue weighted by Crippen LogP contribution is -2.35. The molecule has 0 aliphatic heterocycles. The van der Waals surface area contributed by atoms with Gasteiger partial charge in [-0.25, -0.2) is 0 Å². The minimum Gasteiger partial charge on any atom is -0.508 e. The summed E-state index contributed by atoms with van der Waals surface area (Å²) >= 11 is 0. The summed E-state index contributed by atoms with van der Waals surface area (Å²) in [4.78, 5) is 0. The highest BCUT2D eigenvalue weighted by Crippen LogP contribution is 2.29. The molecule has 2 rings (SSSR count). The van der Waals surface area contributed by atoms with E-state index in [1.165, 1.54) is 24.8 Å². The first kappa shape index (κ1) is 13.4. The molecule has 1 aromatic carbocycles. The predicted octanol–water partition coefficient (Wildman–Crippen LogP) is 3.61. The van der Waals surface area contributed by atoms with E-state index in [2.05, 4.69) is 32.2 Å². The summed E-state index contributed by atoms with van der Waals surface area (Å²) in [5, 5.41) is 13.4. The topological polar surface area (TPSA) is 32.3 Å². The largest absolute Gasteiger partial charge is 0.508 e. The van der Waals surface area contributed by atoms with Crippen molar-refractivity contribution < 1.29 is 5.11 Å². The Kier molecular flexibility index (Phi) is 4.28. The number of aromatic hydroxyl groups is 1. The van der Waals surface area contributed by atoms with E-state index in [1.54, 1.807) is 6.07 Å². The zero-order valence-electron chi connectivity index (χ0n) is 11.7. The standard InChI is InChI=1S/C16H25NO/c1-11-4-5-16(18)14(7-11)10-17-15-8-12(2)6-13(3)9-15/h4-5,7,12-13,15,17-18H,6,8-10H2,1-3H3. The number of aryl methyl sites for hydroxylation is 1. The van der Waals surface area contributed by atoms with Crippen molar-refractivity contribution in [2.75, 3.05) is 0 Å². The van der Waals surface area contributed by atoms with E-state index in [0.717, 1.165) is 23.9 Å². The van der Waals surface area contributed by atoms with Gasteiger partial charge in [0.05, 0.1) is 0 Å². The molecule has 0 radical (unpaired) electrons. The van der Waals surface area contributed by atoms with Crippen molar-refractivity contribution in [3.63, 3.8) is 0 Å². The molecule has 0 aromatic heterocycles. The molecule has 1 aliphatic rings. The molecule has 0 heterocycles. The van der Waals surface area contributed by atoms with Crippen LogP contribution in [0.3, 0.4) is 0 Å². The molecule has 100 valence electrons. The predicted molar refractivity (Wildman–Crippen MR) is 75.7 cm³/mol. The molecule has 1 aliphatic carbocycles. The highest BCUT2D eigenvalue weighted by atomic mass is 16.3. The molecule has 1 aromatic rings. The van der Waals surface area contributed by atoms with Crippen LogP contribution in [0.5, 0.6) is 5.75 Å². The fourth-order valence-corrected chi connectivity index (χ4v) is 3.22. The van der Waals surface area contributed by atoms with Gasteiger partial charge in [-0.15, -0.1) is 0 Å². The summed E-state index contributed by atoms with van der Waals surface area (Å²) in [6.45, 7) is 7.52. The maximum atomic E-state index is 9.83. The first-order chi connectivity index (χ1) is 8.54. The highest BCUT2D eigenvalue weighted by molar-refractivity contribution is 5.35. The van der Waals surface area contributed by atoms with Crippen LogP contribution in [0.2, 0.25) is 0 Å². The van der Waals surface area contributed by atoms with E-state index in [0.29, 0.717) is 11.8 Å². The Morgan fingerprint density at radius 1 is 1.17 bits per heavy atom. The molecule has 18 heavy (non-hydrogen) atoms. The van der Waals surface area contributed by atoms with Gasteiger partial charge in [0.15, 0.2) is 0 Å². The maximum Gasteiger partial charge on any atom is 0.120 e. The van der Waals surface area contributed by atoms with Crippen LogP contribution in [0.4, 0.5) is 0 Å². The Hall–Kier alpha value is -1.02. The number of hydrogen-bond donors (Lipinski definition) is 2. The average molecular weight is 247 g/mol. The monoisotopic (exact) mass is 247 g/mol. The third-order valence-electron chi connectivity index (χ3n) is 3.99. The van der Waals surface area contributed by atoms with Crippen LogP contribution in [0.25, 0.3) is 0 Å². The number of hydrogen-bond acceptors (Lipinski definition) is 2. The molecule has 1 saturated carbocycles. The van der Waals surface area contributed by atoms with Crippen molar-refractivity contribution in [3.8, 4) is 5.75 Å². The fraction of sp³-hybridized carbons (Fsp3) is 0.625. The third kappa shape index (κ3) is 3.49. The minimum atomic E-state index is 0.407. The summed E-state index contributed by atoms with van der Waals surface area (Å²) in [5.74, 6) is 2.04. The molecule has 2 heteroatoms. The van der Waals surface area contributed by atoms with Crippen molar-refractivity contribution in [2.45, 2.75) is 52.6 Å². The van der Waals surface area contributed by atoms with Gasteiger partial charge in [-0.3, -0.25) is 0 Å². The minimum absolute atomic E-state index is 0.407. The van der Waals surface area contributed by atoms with Gasteiger partial charge < -0.3 is 10.4 Å². The fourth-order valence-electron chi connectivity index (χ4n) is 3.22. The number of phenols is 1. The van der Waals surface area contributed by atoms with Crippen molar-refractivity contribution in [1.29, 1.82) is 0 Å². The van der Waals surface area contributed by atoms with Crippen LogP contribution in [-0.4, -0.2) is 11.1 Å². The summed E-state index contributed by atoms with van der Waals surface area (Å²) in [6, 6.07) is 6.41. The third-order valence-corrected chi connectivity index (χ3v) is 3.99. The molecule has 1 fully saturated rings. The molecule has 0 amide bonds. The average Bonchev–Trinajstić information content (AvgIpc) is 2.29. The van der Waals surface area contributed by atoms with E-state index in [4.69, 9.17) is 0 Å². The lowest BCUT2D eigenvalue weighted by atomic mass is 9.80. The van der Waals surface area contributed by atoms with Crippen LogP contribution >= 0.6 is 0 Å². The van der Waals surface area contributed by atoms with E-state index < -0.39 is 0 Å². The van der Waals surface area contributed by atoms with Crippen molar-refractivity contribution in [3.05, 3.63) is 29.3 Å². The number of phenolic OH excluding ortho intramolecular Hbond substituents is 1. The molecule has 2 nitrogen and oxygen atoms in total. The summed E-state index contributed by atoms with van der Waals surface area (Å²) in [5.41, 5.74) is 2.22. The second kappa shape index (κ2) is 5.75. The maximum absolute atomic E-state index is 9.83. The summed E-state index contributed by atoms with van der Waals surface area (Å²) in [7, 11) is 0. The second-order valence-electron chi connectivity index (χ2n) is 6.13. The molecular weight excluding hydrogens is 222 g/mol. The molecule has 0 saturated heterocycles. The summed E-state index contributed by atoms with van der Waals surface area (Å²) in [6.07, 6.45) is 3.88. The van der Waals surface area contributed by atoms with Crippen LogP contribution in [-0.2, 0) is 6.54 Å². The Morgan fingerprint density at radius 3 is 2.50 bits per heavy atom. The van der Waals surface area contributed by atoms with E-state index in [-0.39, 0.29) is 0 Å². The van der Waals surface area contributed by atoms with Gasteiger partial charge in [0.1, 0.15) is 5.75 Å². The van der Waals surface area contributed by atoms with Gasteiger partial charge >= 0.3 is 0 Å². The first-order valence-corrected chi connectivity index (χ1v) is 7.06. The van der Waals surface area contributed by atoms with Crippen LogP contribution in [0, 0.1) is 18.8 Å². The lowest BCUT2D eigenvalue weighted by molar-refractivity contribution is 0.237. The van der Waals surface area contributed by atoms with Crippen molar-refractivity contribution in [1.82, 2.24) is 5.32 Å². The van der Waals surface area contributed by atoms with Crippen molar-refractivity contribution in [2.24, 2.45) is 11.8 Å². The van der Waals surface area contributed by atoms with Gasteiger partial charge in [0, 0.05) is 18.2 Å². The van der Waals surface area contributed by atoms with Gasteiger partial charge in [-0.1, -0.05) is 31.5 Å². The molecule has 2 unspecified atom stereocenters. The van der Waals surface area contributed by atoms with Gasteiger partial charge in [0.2, 0.25) is 0 Å². The number of nitrogens with one attached hydrogen (secondary N) is 1. The number of rotatable bonds is 3. The van der Waals surface area contributed by atoms with Gasteiger partial charge in [-0.05, 0) is 44.1 Å². The lowest BCUT2D eigenvalue weighted by Gasteiger charge is -2.32. The number of benzene rings is 1. The van der Waals surface area contributed by atoms with Crippen LogP contribution in [0.15, 0.2) is 18.2 Å². The molecule has 0 bridgehead atoms.